The maximum Gasteiger partial charge on any atom is 0.132 e. The summed E-state index contributed by atoms with van der Waals surface area (Å²) in [6.07, 6.45) is 9.29. The molecule has 1 aliphatic heterocycles. The van der Waals surface area contributed by atoms with E-state index in [4.69, 9.17) is 0 Å². The van der Waals surface area contributed by atoms with Gasteiger partial charge in [0, 0.05) is 31.7 Å². The van der Waals surface area contributed by atoms with Crippen molar-refractivity contribution in [2.75, 3.05) is 18.0 Å². The Bertz CT molecular complexity index is 555. The molecule has 0 aliphatic carbocycles. The van der Waals surface area contributed by atoms with Crippen LogP contribution in [0.1, 0.15) is 24.2 Å². The van der Waals surface area contributed by atoms with Gasteiger partial charge in [0.2, 0.25) is 0 Å². The van der Waals surface area contributed by atoms with Crippen molar-refractivity contribution in [1.82, 2.24) is 15.0 Å². The number of piperidine rings is 1. The monoisotopic (exact) mass is 268 g/mol. The van der Waals surface area contributed by atoms with Gasteiger partial charge in [0.1, 0.15) is 11.6 Å². The van der Waals surface area contributed by atoms with E-state index in [9.17, 15) is 0 Å². The van der Waals surface area contributed by atoms with Crippen LogP contribution in [0.25, 0.3) is 0 Å². The highest BCUT2D eigenvalue weighted by atomic mass is 15.2. The number of aromatic nitrogens is 3. The molecule has 3 rings (SSSR count). The van der Waals surface area contributed by atoms with Crippen LogP contribution in [0.3, 0.4) is 0 Å². The molecule has 0 bridgehead atoms. The van der Waals surface area contributed by atoms with Crippen molar-refractivity contribution in [2.24, 2.45) is 5.92 Å². The van der Waals surface area contributed by atoms with Crippen molar-refractivity contribution in [3.05, 3.63) is 48.2 Å². The third-order valence-corrected chi connectivity index (χ3v) is 3.85. The third-order valence-electron chi connectivity index (χ3n) is 3.85. The molecular formula is C16H20N4. The van der Waals surface area contributed by atoms with Crippen molar-refractivity contribution in [1.29, 1.82) is 0 Å². The molecule has 1 aliphatic rings. The molecule has 104 valence electrons. The second kappa shape index (κ2) is 5.99. The van der Waals surface area contributed by atoms with E-state index < -0.39 is 0 Å². The van der Waals surface area contributed by atoms with Gasteiger partial charge in [-0.25, -0.2) is 9.97 Å². The molecule has 0 unspecified atom stereocenters. The van der Waals surface area contributed by atoms with Crippen LogP contribution >= 0.6 is 0 Å². The second-order valence-corrected chi connectivity index (χ2v) is 5.48. The number of pyridine rings is 1. The van der Waals surface area contributed by atoms with Gasteiger partial charge in [-0.2, -0.15) is 0 Å². The molecule has 0 saturated carbocycles. The fourth-order valence-electron chi connectivity index (χ4n) is 2.91. The van der Waals surface area contributed by atoms with Crippen molar-refractivity contribution in [2.45, 2.75) is 26.2 Å². The first-order valence-electron chi connectivity index (χ1n) is 7.25. The lowest BCUT2D eigenvalue weighted by Crippen LogP contribution is -2.36. The quantitative estimate of drug-likeness (QED) is 0.858. The van der Waals surface area contributed by atoms with E-state index in [-0.39, 0.29) is 0 Å². The van der Waals surface area contributed by atoms with Gasteiger partial charge in [-0.15, -0.1) is 0 Å². The zero-order chi connectivity index (χ0) is 13.8. The van der Waals surface area contributed by atoms with Gasteiger partial charge in [-0.1, -0.05) is 6.07 Å². The molecule has 0 amide bonds. The Balaban J connectivity index is 1.67. The normalized spacial score (nSPS) is 19.1. The minimum atomic E-state index is 0.684. The Morgan fingerprint density at radius 3 is 3.05 bits per heavy atom. The van der Waals surface area contributed by atoms with E-state index in [1.54, 1.807) is 0 Å². The number of anilines is 1. The average molecular weight is 268 g/mol. The summed E-state index contributed by atoms with van der Waals surface area (Å²) >= 11 is 0. The zero-order valence-corrected chi connectivity index (χ0v) is 11.9. The predicted molar refractivity (Wildman–Crippen MR) is 79.6 cm³/mol. The summed E-state index contributed by atoms with van der Waals surface area (Å²) in [6.45, 7) is 4.12. The fourth-order valence-corrected chi connectivity index (χ4v) is 2.91. The van der Waals surface area contributed by atoms with E-state index in [0.29, 0.717) is 5.92 Å². The molecule has 1 saturated heterocycles. The molecule has 4 nitrogen and oxygen atoms in total. The maximum absolute atomic E-state index is 4.54. The number of rotatable bonds is 3. The van der Waals surface area contributed by atoms with Crippen LogP contribution in [0.15, 0.2) is 36.8 Å². The van der Waals surface area contributed by atoms with Gasteiger partial charge in [0.15, 0.2) is 0 Å². The number of hydrogen-bond acceptors (Lipinski definition) is 4. The second-order valence-electron chi connectivity index (χ2n) is 5.48. The summed E-state index contributed by atoms with van der Waals surface area (Å²) in [4.78, 5) is 15.3. The third kappa shape index (κ3) is 3.13. The van der Waals surface area contributed by atoms with Crippen LogP contribution in [0.2, 0.25) is 0 Å². The van der Waals surface area contributed by atoms with Crippen LogP contribution in [0.5, 0.6) is 0 Å². The Hall–Kier alpha value is -1.97. The average Bonchev–Trinajstić information content (AvgIpc) is 2.49. The van der Waals surface area contributed by atoms with E-state index in [1.807, 2.05) is 37.6 Å². The van der Waals surface area contributed by atoms with Gasteiger partial charge < -0.3 is 4.90 Å². The SMILES string of the molecule is Cc1nccc(N2CCC[C@@H](Cc3cccnc3)C2)n1. The summed E-state index contributed by atoms with van der Waals surface area (Å²) in [5.74, 6) is 2.59. The lowest BCUT2D eigenvalue weighted by atomic mass is 9.92. The number of nitrogens with zero attached hydrogens (tertiary/aromatic N) is 4. The van der Waals surface area contributed by atoms with Gasteiger partial charge in [-0.3, -0.25) is 4.98 Å². The Morgan fingerprint density at radius 2 is 2.25 bits per heavy atom. The lowest BCUT2D eigenvalue weighted by Gasteiger charge is -2.33. The number of hydrogen-bond donors (Lipinski definition) is 0. The summed E-state index contributed by atoms with van der Waals surface area (Å²) in [5.41, 5.74) is 1.33. The first-order valence-corrected chi connectivity index (χ1v) is 7.25. The summed E-state index contributed by atoms with van der Waals surface area (Å²) in [7, 11) is 0. The lowest BCUT2D eigenvalue weighted by molar-refractivity contribution is 0.411. The van der Waals surface area contributed by atoms with Crippen LogP contribution < -0.4 is 4.90 Å². The molecule has 0 aromatic carbocycles. The Morgan fingerprint density at radius 1 is 1.30 bits per heavy atom. The van der Waals surface area contributed by atoms with Gasteiger partial charge in [-0.05, 0) is 49.8 Å². The molecule has 1 atom stereocenters. The first kappa shape index (κ1) is 13.0. The molecule has 2 aromatic heterocycles. The van der Waals surface area contributed by atoms with Crippen LogP contribution in [0.4, 0.5) is 5.82 Å². The first-order chi connectivity index (χ1) is 9.81. The maximum atomic E-state index is 4.54. The van der Waals surface area contributed by atoms with Crippen molar-refractivity contribution >= 4 is 5.82 Å². The highest BCUT2D eigenvalue weighted by Crippen LogP contribution is 2.24. The fraction of sp³-hybridized carbons (Fsp3) is 0.438. The summed E-state index contributed by atoms with van der Waals surface area (Å²) < 4.78 is 0. The molecule has 2 aromatic rings. The van der Waals surface area contributed by atoms with Crippen molar-refractivity contribution < 1.29 is 0 Å². The largest absolute Gasteiger partial charge is 0.356 e. The summed E-state index contributed by atoms with van der Waals surface area (Å²) in [6, 6.07) is 6.20. The highest BCUT2D eigenvalue weighted by molar-refractivity contribution is 5.38. The molecule has 1 fully saturated rings. The molecule has 0 spiro atoms. The minimum Gasteiger partial charge on any atom is -0.356 e. The van der Waals surface area contributed by atoms with Crippen molar-refractivity contribution in [3.63, 3.8) is 0 Å². The van der Waals surface area contributed by atoms with E-state index in [1.165, 1.54) is 18.4 Å². The Kier molecular flexibility index (Phi) is 3.90. The molecule has 4 heteroatoms. The van der Waals surface area contributed by atoms with Crippen LogP contribution in [0, 0.1) is 12.8 Å². The zero-order valence-electron chi connectivity index (χ0n) is 11.9. The molecule has 0 radical (unpaired) electrons. The van der Waals surface area contributed by atoms with Gasteiger partial charge >= 0.3 is 0 Å². The Labute approximate surface area is 119 Å². The molecular weight excluding hydrogens is 248 g/mol. The van der Waals surface area contributed by atoms with Crippen LogP contribution in [-0.4, -0.2) is 28.0 Å². The predicted octanol–water partition coefficient (Wildman–Crippen LogP) is 2.64. The van der Waals surface area contributed by atoms with E-state index >= 15 is 0 Å². The molecule has 0 N–H and O–H groups in total. The van der Waals surface area contributed by atoms with Gasteiger partial charge in [0.05, 0.1) is 0 Å². The topological polar surface area (TPSA) is 41.9 Å². The summed E-state index contributed by atoms with van der Waals surface area (Å²) in [5, 5.41) is 0. The highest BCUT2D eigenvalue weighted by Gasteiger charge is 2.21. The van der Waals surface area contributed by atoms with Crippen molar-refractivity contribution in [3.8, 4) is 0 Å². The van der Waals surface area contributed by atoms with E-state index in [2.05, 4.69) is 25.9 Å². The van der Waals surface area contributed by atoms with Gasteiger partial charge in [0.25, 0.3) is 0 Å². The van der Waals surface area contributed by atoms with E-state index in [0.717, 1.165) is 31.2 Å². The van der Waals surface area contributed by atoms with Crippen LogP contribution in [-0.2, 0) is 6.42 Å². The standard InChI is InChI=1S/C16H20N4/c1-13-18-8-6-16(19-13)20-9-3-5-15(12-20)10-14-4-2-7-17-11-14/h2,4,6-8,11,15H,3,5,9-10,12H2,1H3/t15-/m0/s1. The minimum absolute atomic E-state index is 0.684. The molecule has 3 heterocycles. The smallest absolute Gasteiger partial charge is 0.132 e. The molecule has 20 heavy (non-hydrogen) atoms. The number of aryl methyl sites for hydroxylation is 1.